The summed E-state index contributed by atoms with van der Waals surface area (Å²) in [7, 11) is 0. The molecule has 0 saturated carbocycles. The molecule has 1 aromatic heterocycles. The molecule has 0 atom stereocenters. The molecule has 2 rings (SSSR count). The second kappa shape index (κ2) is 5.55. The van der Waals surface area contributed by atoms with Crippen LogP contribution in [0.1, 0.15) is 11.1 Å². The largest absolute Gasteiger partial charge is 0.322 e. The molecule has 0 fully saturated rings. The number of aryl methyl sites for hydroxylation is 1. The summed E-state index contributed by atoms with van der Waals surface area (Å²) >= 11 is 1.47. The van der Waals surface area contributed by atoms with Gasteiger partial charge in [-0.3, -0.25) is 0 Å². The van der Waals surface area contributed by atoms with Crippen LogP contribution in [0.2, 0.25) is 0 Å². The van der Waals surface area contributed by atoms with E-state index in [-0.39, 0.29) is 0 Å². The van der Waals surface area contributed by atoms with Gasteiger partial charge < -0.3 is 4.57 Å². The van der Waals surface area contributed by atoms with Gasteiger partial charge in [-0.15, -0.1) is 0 Å². The molecule has 0 unspecified atom stereocenters. The lowest BCUT2D eigenvalue weighted by molar-refractivity contribution is 0.709. The van der Waals surface area contributed by atoms with Crippen LogP contribution in [0.25, 0.3) is 0 Å². The summed E-state index contributed by atoms with van der Waals surface area (Å²) in [5.74, 6) is 0.435. The van der Waals surface area contributed by atoms with E-state index in [0.29, 0.717) is 5.75 Å². The van der Waals surface area contributed by atoms with Crippen molar-refractivity contribution in [2.45, 2.75) is 18.6 Å². The van der Waals surface area contributed by atoms with Crippen LogP contribution < -0.4 is 0 Å². The Hall–Kier alpha value is -1.73. The van der Waals surface area contributed by atoms with Crippen molar-refractivity contribution in [3.05, 3.63) is 47.8 Å². The molecule has 0 radical (unpaired) electrons. The van der Waals surface area contributed by atoms with Crippen LogP contribution in [-0.2, 0) is 6.54 Å². The van der Waals surface area contributed by atoms with Gasteiger partial charge in [-0.1, -0.05) is 41.6 Å². The van der Waals surface area contributed by atoms with Crippen molar-refractivity contribution < 1.29 is 0 Å². The first-order chi connectivity index (χ1) is 8.29. The highest BCUT2D eigenvalue weighted by atomic mass is 32.2. The lowest BCUT2D eigenvalue weighted by Gasteiger charge is -2.06. The van der Waals surface area contributed by atoms with Crippen LogP contribution in [0.3, 0.4) is 0 Å². The molecule has 0 aliphatic heterocycles. The third-order valence-corrected chi connectivity index (χ3v) is 3.29. The quantitative estimate of drug-likeness (QED) is 0.775. The second-order valence-electron chi connectivity index (χ2n) is 3.77. The predicted octanol–water partition coefficient (Wildman–Crippen LogP) is 2.86. The van der Waals surface area contributed by atoms with Crippen LogP contribution in [0.5, 0.6) is 0 Å². The highest BCUT2D eigenvalue weighted by Crippen LogP contribution is 2.16. The fraction of sp³-hybridized carbons (Fsp3) is 0.231. The third kappa shape index (κ3) is 3.11. The molecule has 0 aliphatic rings. The van der Waals surface area contributed by atoms with Crippen LogP contribution in [0.15, 0.2) is 41.8 Å². The summed E-state index contributed by atoms with van der Waals surface area (Å²) in [6.07, 6.45) is 3.72. The van der Waals surface area contributed by atoms with Gasteiger partial charge in [0.15, 0.2) is 5.16 Å². The Labute approximate surface area is 105 Å². The number of thioether (sulfide) groups is 1. The van der Waals surface area contributed by atoms with Gasteiger partial charge in [-0.2, -0.15) is 5.26 Å². The van der Waals surface area contributed by atoms with Gasteiger partial charge >= 0.3 is 0 Å². The first-order valence-electron chi connectivity index (χ1n) is 5.36. The lowest BCUT2D eigenvalue weighted by Crippen LogP contribution is -2.00. The molecule has 86 valence electrons. The summed E-state index contributed by atoms with van der Waals surface area (Å²) in [5, 5.41) is 9.46. The van der Waals surface area contributed by atoms with Crippen molar-refractivity contribution in [1.29, 1.82) is 5.26 Å². The maximum atomic E-state index is 8.57. The van der Waals surface area contributed by atoms with E-state index in [2.05, 4.69) is 46.8 Å². The molecule has 17 heavy (non-hydrogen) atoms. The van der Waals surface area contributed by atoms with Crippen LogP contribution in [0.4, 0.5) is 0 Å². The van der Waals surface area contributed by atoms with Gasteiger partial charge in [-0.05, 0) is 12.5 Å². The van der Waals surface area contributed by atoms with E-state index in [1.54, 1.807) is 6.20 Å². The molecule has 0 N–H and O–H groups in total. The highest BCUT2D eigenvalue weighted by Gasteiger charge is 2.03. The highest BCUT2D eigenvalue weighted by molar-refractivity contribution is 7.99. The molecule has 0 spiro atoms. The third-order valence-electron chi connectivity index (χ3n) is 2.42. The molecule has 3 nitrogen and oxygen atoms in total. The molecular weight excluding hydrogens is 230 g/mol. The molecule has 4 heteroatoms. The van der Waals surface area contributed by atoms with E-state index in [1.807, 2.05) is 6.20 Å². The summed E-state index contributed by atoms with van der Waals surface area (Å²) in [6, 6.07) is 10.6. The second-order valence-corrected chi connectivity index (χ2v) is 4.71. The van der Waals surface area contributed by atoms with Crippen molar-refractivity contribution in [3.8, 4) is 6.07 Å². The fourth-order valence-corrected chi connectivity index (χ4v) is 2.16. The minimum atomic E-state index is 0.435. The molecule has 1 heterocycles. The number of nitrogens with zero attached hydrogens (tertiary/aromatic N) is 3. The lowest BCUT2D eigenvalue weighted by atomic mass is 10.1. The van der Waals surface area contributed by atoms with Gasteiger partial charge in [0.05, 0.1) is 11.8 Å². The summed E-state index contributed by atoms with van der Waals surface area (Å²) in [4.78, 5) is 4.24. The minimum Gasteiger partial charge on any atom is -0.322 e. The number of hydrogen-bond acceptors (Lipinski definition) is 3. The number of hydrogen-bond donors (Lipinski definition) is 0. The SMILES string of the molecule is Cc1ccc(Cn2ccnc2SCC#N)cc1. The van der Waals surface area contributed by atoms with E-state index in [0.717, 1.165) is 11.7 Å². The van der Waals surface area contributed by atoms with Gasteiger partial charge in [0.1, 0.15) is 0 Å². The number of rotatable bonds is 4. The fourth-order valence-electron chi connectivity index (χ4n) is 1.54. The molecule has 0 amide bonds. The zero-order chi connectivity index (χ0) is 12.1. The van der Waals surface area contributed by atoms with Gasteiger partial charge in [0, 0.05) is 18.9 Å². The van der Waals surface area contributed by atoms with Crippen molar-refractivity contribution in [1.82, 2.24) is 9.55 Å². The number of benzene rings is 1. The summed E-state index contributed by atoms with van der Waals surface area (Å²) < 4.78 is 2.06. The number of imidazole rings is 1. The van der Waals surface area contributed by atoms with Gasteiger partial charge in [0.25, 0.3) is 0 Å². The predicted molar refractivity (Wildman–Crippen MR) is 68.8 cm³/mol. The first-order valence-corrected chi connectivity index (χ1v) is 6.34. The molecule has 0 aliphatic carbocycles. The van der Waals surface area contributed by atoms with Crippen molar-refractivity contribution in [2.75, 3.05) is 5.75 Å². The Morgan fingerprint density at radius 1 is 1.35 bits per heavy atom. The maximum absolute atomic E-state index is 8.57. The number of nitriles is 1. The molecule has 2 aromatic rings. The Morgan fingerprint density at radius 2 is 2.12 bits per heavy atom. The van der Waals surface area contributed by atoms with E-state index in [4.69, 9.17) is 5.26 Å². The smallest absolute Gasteiger partial charge is 0.169 e. The minimum absolute atomic E-state index is 0.435. The van der Waals surface area contributed by atoms with Crippen molar-refractivity contribution >= 4 is 11.8 Å². The Bertz CT molecular complexity index is 522. The van der Waals surface area contributed by atoms with E-state index in [1.165, 1.54) is 22.9 Å². The van der Waals surface area contributed by atoms with E-state index >= 15 is 0 Å². The maximum Gasteiger partial charge on any atom is 0.169 e. The molecule has 0 bridgehead atoms. The Kier molecular flexibility index (Phi) is 3.84. The monoisotopic (exact) mass is 243 g/mol. The molecule has 0 saturated heterocycles. The van der Waals surface area contributed by atoms with Crippen LogP contribution >= 0.6 is 11.8 Å². The molecular formula is C13H13N3S. The average Bonchev–Trinajstić information content (AvgIpc) is 2.77. The average molecular weight is 243 g/mol. The van der Waals surface area contributed by atoms with E-state index < -0.39 is 0 Å². The Balaban J connectivity index is 2.10. The van der Waals surface area contributed by atoms with Crippen LogP contribution in [0, 0.1) is 18.3 Å². The zero-order valence-corrected chi connectivity index (χ0v) is 10.4. The van der Waals surface area contributed by atoms with Gasteiger partial charge in [-0.25, -0.2) is 4.98 Å². The van der Waals surface area contributed by atoms with Crippen molar-refractivity contribution in [3.63, 3.8) is 0 Å². The normalized spacial score (nSPS) is 10.1. The van der Waals surface area contributed by atoms with Crippen LogP contribution in [-0.4, -0.2) is 15.3 Å². The summed E-state index contributed by atoms with van der Waals surface area (Å²) in [5.41, 5.74) is 2.51. The topological polar surface area (TPSA) is 41.6 Å². The zero-order valence-electron chi connectivity index (χ0n) is 9.63. The summed E-state index contributed by atoms with van der Waals surface area (Å²) in [6.45, 7) is 2.88. The standard InChI is InChI=1S/C13H13N3S/c1-11-2-4-12(5-3-11)10-16-8-7-15-13(16)17-9-6-14/h2-5,7-8H,9-10H2,1H3. The van der Waals surface area contributed by atoms with Gasteiger partial charge in [0.2, 0.25) is 0 Å². The van der Waals surface area contributed by atoms with Crippen molar-refractivity contribution in [2.24, 2.45) is 0 Å². The molecule has 1 aromatic carbocycles. The Morgan fingerprint density at radius 3 is 2.82 bits per heavy atom. The van der Waals surface area contributed by atoms with E-state index in [9.17, 15) is 0 Å². The number of aromatic nitrogens is 2. The first kappa shape index (κ1) is 11.7.